The van der Waals surface area contributed by atoms with Gasteiger partial charge in [0, 0.05) is 31.1 Å². The van der Waals surface area contributed by atoms with Gasteiger partial charge in [0.2, 0.25) is 0 Å². The molecule has 5 heteroatoms. The van der Waals surface area contributed by atoms with E-state index >= 15 is 0 Å². The normalized spacial score (nSPS) is 19.9. The Bertz CT molecular complexity index is 729. The van der Waals surface area contributed by atoms with E-state index in [1.165, 1.54) is 24.0 Å². The molecule has 24 heavy (non-hydrogen) atoms. The highest BCUT2D eigenvalue weighted by molar-refractivity contribution is 5.53. The van der Waals surface area contributed by atoms with Gasteiger partial charge in [-0.25, -0.2) is 9.97 Å². The van der Waals surface area contributed by atoms with E-state index in [-0.39, 0.29) is 6.61 Å². The van der Waals surface area contributed by atoms with Crippen molar-refractivity contribution in [3.05, 3.63) is 47.3 Å². The minimum absolute atomic E-state index is 0.103. The first-order valence-electron chi connectivity index (χ1n) is 8.81. The zero-order chi connectivity index (χ0) is 16.5. The van der Waals surface area contributed by atoms with Crippen LogP contribution in [0.3, 0.4) is 0 Å². The van der Waals surface area contributed by atoms with Gasteiger partial charge >= 0.3 is 0 Å². The lowest BCUT2D eigenvalue weighted by atomic mass is 9.95. The standard InChI is InChI=1S/C19H24N4O/c1-13-10-15-4-2-3-5-16(15)12-23(13)18-11-17(20-8-9-24)21-19(22-18)14-6-7-14/h2-5,11,13-14,24H,6-10,12H2,1H3,(H,20,21,22)/t13-/m0/s1. The molecular weight excluding hydrogens is 300 g/mol. The van der Waals surface area contributed by atoms with Crippen LogP contribution in [0.15, 0.2) is 30.3 Å². The molecule has 1 aromatic heterocycles. The van der Waals surface area contributed by atoms with Crippen molar-refractivity contribution >= 4 is 11.6 Å². The number of nitrogens with one attached hydrogen (secondary N) is 1. The number of aliphatic hydroxyl groups is 1. The summed E-state index contributed by atoms with van der Waals surface area (Å²) in [4.78, 5) is 11.9. The van der Waals surface area contributed by atoms with Gasteiger partial charge in [-0.2, -0.15) is 0 Å². The third-order valence-corrected chi connectivity index (χ3v) is 4.89. The van der Waals surface area contributed by atoms with Crippen LogP contribution in [0.2, 0.25) is 0 Å². The second kappa shape index (κ2) is 6.40. The van der Waals surface area contributed by atoms with E-state index in [1.54, 1.807) is 0 Å². The summed E-state index contributed by atoms with van der Waals surface area (Å²) in [5.74, 6) is 3.27. The molecule has 4 rings (SSSR count). The predicted molar refractivity (Wildman–Crippen MR) is 95.4 cm³/mol. The fraction of sp³-hybridized carbons (Fsp3) is 0.474. The first-order valence-corrected chi connectivity index (χ1v) is 8.81. The van der Waals surface area contributed by atoms with Crippen molar-refractivity contribution < 1.29 is 5.11 Å². The highest BCUT2D eigenvalue weighted by atomic mass is 16.3. The second-order valence-corrected chi connectivity index (χ2v) is 6.84. The highest BCUT2D eigenvalue weighted by Gasteiger charge is 2.30. The smallest absolute Gasteiger partial charge is 0.136 e. The first kappa shape index (κ1) is 15.4. The highest BCUT2D eigenvalue weighted by Crippen LogP contribution is 2.39. The SMILES string of the molecule is C[C@H]1Cc2ccccc2CN1c1cc(NCCO)nc(C2CC2)n1. The molecule has 1 aliphatic heterocycles. The fourth-order valence-corrected chi connectivity index (χ4v) is 3.38. The Labute approximate surface area is 142 Å². The Balaban J connectivity index is 1.66. The third-order valence-electron chi connectivity index (χ3n) is 4.89. The summed E-state index contributed by atoms with van der Waals surface area (Å²) >= 11 is 0. The van der Waals surface area contributed by atoms with Crippen LogP contribution < -0.4 is 10.2 Å². The number of benzene rings is 1. The van der Waals surface area contributed by atoms with E-state index in [2.05, 4.69) is 46.4 Å². The number of hydrogen-bond donors (Lipinski definition) is 2. The van der Waals surface area contributed by atoms with Crippen LogP contribution >= 0.6 is 0 Å². The van der Waals surface area contributed by atoms with Crippen LogP contribution in [0.4, 0.5) is 11.6 Å². The number of hydrogen-bond acceptors (Lipinski definition) is 5. The minimum atomic E-state index is 0.103. The quantitative estimate of drug-likeness (QED) is 0.885. The molecule has 5 nitrogen and oxygen atoms in total. The van der Waals surface area contributed by atoms with Crippen LogP contribution in [0.5, 0.6) is 0 Å². The van der Waals surface area contributed by atoms with E-state index in [1.807, 2.05) is 6.07 Å². The Morgan fingerprint density at radius 3 is 2.75 bits per heavy atom. The van der Waals surface area contributed by atoms with Gasteiger partial charge in [0.1, 0.15) is 17.5 Å². The van der Waals surface area contributed by atoms with Crippen molar-refractivity contribution in [1.29, 1.82) is 0 Å². The van der Waals surface area contributed by atoms with Gasteiger partial charge in [-0.1, -0.05) is 24.3 Å². The minimum Gasteiger partial charge on any atom is -0.395 e. The lowest BCUT2D eigenvalue weighted by Gasteiger charge is -2.36. The van der Waals surface area contributed by atoms with Crippen molar-refractivity contribution in [2.24, 2.45) is 0 Å². The Hall–Kier alpha value is -2.14. The summed E-state index contributed by atoms with van der Waals surface area (Å²) < 4.78 is 0. The van der Waals surface area contributed by atoms with Crippen LogP contribution in [0, 0.1) is 0 Å². The van der Waals surface area contributed by atoms with Crippen LogP contribution in [-0.2, 0) is 13.0 Å². The van der Waals surface area contributed by atoms with E-state index in [4.69, 9.17) is 10.1 Å². The van der Waals surface area contributed by atoms with E-state index in [9.17, 15) is 0 Å². The number of rotatable bonds is 5. The third kappa shape index (κ3) is 3.08. The summed E-state index contributed by atoms with van der Waals surface area (Å²) in [7, 11) is 0. The lowest BCUT2D eigenvalue weighted by Crippen LogP contribution is -2.39. The maximum atomic E-state index is 9.07. The molecule has 1 atom stereocenters. The molecule has 0 radical (unpaired) electrons. The lowest BCUT2D eigenvalue weighted by molar-refractivity contribution is 0.311. The molecule has 1 saturated carbocycles. The molecule has 1 fully saturated rings. The number of anilines is 2. The molecule has 2 aromatic rings. The number of fused-ring (bicyclic) bond motifs is 1. The summed E-state index contributed by atoms with van der Waals surface area (Å²) in [6.07, 6.45) is 3.40. The van der Waals surface area contributed by atoms with E-state index < -0.39 is 0 Å². The van der Waals surface area contributed by atoms with Crippen molar-refractivity contribution in [2.45, 2.75) is 44.7 Å². The van der Waals surface area contributed by atoms with E-state index in [0.717, 1.165) is 30.4 Å². The van der Waals surface area contributed by atoms with Crippen molar-refractivity contribution in [1.82, 2.24) is 9.97 Å². The fourth-order valence-electron chi connectivity index (χ4n) is 3.38. The van der Waals surface area contributed by atoms with E-state index in [0.29, 0.717) is 18.5 Å². The number of aromatic nitrogens is 2. The molecule has 0 spiro atoms. The molecule has 2 N–H and O–H groups in total. The average Bonchev–Trinajstić information content (AvgIpc) is 3.44. The van der Waals surface area contributed by atoms with Crippen LogP contribution in [-0.4, -0.2) is 34.3 Å². The Kier molecular flexibility index (Phi) is 4.10. The summed E-state index contributed by atoms with van der Waals surface area (Å²) in [5, 5.41) is 12.3. The molecule has 1 aliphatic carbocycles. The topological polar surface area (TPSA) is 61.3 Å². The van der Waals surface area contributed by atoms with Crippen molar-refractivity contribution in [3.63, 3.8) is 0 Å². The number of aliphatic hydroxyl groups excluding tert-OH is 1. The van der Waals surface area contributed by atoms with Crippen LogP contribution in [0.1, 0.15) is 42.6 Å². The molecule has 126 valence electrons. The Morgan fingerprint density at radius 1 is 1.21 bits per heavy atom. The molecule has 0 unspecified atom stereocenters. The molecule has 2 heterocycles. The van der Waals surface area contributed by atoms with Gasteiger partial charge < -0.3 is 15.3 Å². The predicted octanol–water partition coefficient (Wildman–Crippen LogP) is 2.71. The molecule has 1 aromatic carbocycles. The van der Waals surface area contributed by atoms with Crippen molar-refractivity contribution in [2.75, 3.05) is 23.4 Å². The van der Waals surface area contributed by atoms with Gasteiger partial charge in [-0.3, -0.25) is 0 Å². The molecule has 0 amide bonds. The zero-order valence-corrected chi connectivity index (χ0v) is 14.1. The maximum absolute atomic E-state index is 9.07. The van der Waals surface area contributed by atoms with Gasteiger partial charge in [0.15, 0.2) is 0 Å². The average molecular weight is 324 g/mol. The van der Waals surface area contributed by atoms with Gasteiger partial charge in [0.25, 0.3) is 0 Å². The van der Waals surface area contributed by atoms with Crippen molar-refractivity contribution in [3.8, 4) is 0 Å². The number of nitrogens with zero attached hydrogens (tertiary/aromatic N) is 3. The molecule has 0 saturated heterocycles. The monoisotopic (exact) mass is 324 g/mol. The molecule has 2 aliphatic rings. The molecular formula is C19H24N4O. The summed E-state index contributed by atoms with van der Waals surface area (Å²) in [5.41, 5.74) is 2.82. The second-order valence-electron chi connectivity index (χ2n) is 6.84. The summed E-state index contributed by atoms with van der Waals surface area (Å²) in [6.45, 7) is 3.76. The van der Waals surface area contributed by atoms with Gasteiger partial charge in [-0.05, 0) is 37.3 Å². The largest absolute Gasteiger partial charge is 0.395 e. The first-order chi connectivity index (χ1) is 11.7. The van der Waals surface area contributed by atoms with Gasteiger partial charge in [0.05, 0.1) is 6.61 Å². The van der Waals surface area contributed by atoms with Crippen LogP contribution in [0.25, 0.3) is 0 Å². The summed E-state index contributed by atoms with van der Waals surface area (Å²) in [6, 6.07) is 11.1. The van der Waals surface area contributed by atoms with Gasteiger partial charge in [-0.15, -0.1) is 0 Å². The zero-order valence-electron chi connectivity index (χ0n) is 14.1. The molecule has 0 bridgehead atoms. The maximum Gasteiger partial charge on any atom is 0.136 e. The Morgan fingerprint density at radius 2 is 2.00 bits per heavy atom.